The van der Waals surface area contributed by atoms with Gasteiger partial charge in [0.05, 0.1) is 27.6 Å². The van der Waals surface area contributed by atoms with Gasteiger partial charge in [-0.05, 0) is 36.4 Å². The van der Waals surface area contributed by atoms with E-state index in [4.69, 9.17) is 0 Å². The van der Waals surface area contributed by atoms with Gasteiger partial charge in [-0.15, -0.1) is 0 Å². The normalized spacial score (nSPS) is 11.6. The lowest BCUT2D eigenvalue weighted by molar-refractivity contribution is 0.585. The highest BCUT2D eigenvalue weighted by molar-refractivity contribution is 6.20. The van der Waals surface area contributed by atoms with Crippen LogP contribution in [0.15, 0.2) is 54.9 Å². The molecule has 0 radical (unpaired) electrons. The average molecular weight is 332 g/mol. The summed E-state index contributed by atoms with van der Waals surface area (Å²) in [7, 11) is 0. The third kappa shape index (κ3) is 2.00. The summed E-state index contributed by atoms with van der Waals surface area (Å²) in [5.74, 6) is -0.945. The van der Waals surface area contributed by atoms with Crippen molar-refractivity contribution in [3.8, 4) is 11.4 Å². The molecule has 0 aliphatic rings. The van der Waals surface area contributed by atoms with Crippen LogP contribution < -0.4 is 0 Å². The van der Waals surface area contributed by atoms with E-state index in [-0.39, 0.29) is 5.56 Å². The molecule has 0 unspecified atom stereocenters. The second-order valence-electron chi connectivity index (χ2n) is 5.73. The number of aromatic amines is 1. The molecule has 3 aromatic heterocycles. The van der Waals surface area contributed by atoms with Gasteiger partial charge in [0.15, 0.2) is 0 Å². The number of hydrogen-bond acceptors (Lipinski definition) is 3. The van der Waals surface area contributed by atoms with E-state index in [1.54, 1.807) is 12.4 Å². The van der Waals surface area contributed by atoms with E-state index in [0.29, 0.717) is 11.3 Å². The smallest absolute Gasteiger partial charge is 0.141 e. The van der Waals surface area contributed by atoms with E-state index < -0.39 is 11.6 Å². The SMILES string of the molecule is Fc1ccc(-c2nc3c4cccnc4c4ncccc4c3[nH]2)c(F)c1. The zero-order valence-electron chi connectivity index (χ0n) is 12.8. The Labute approximate surface area is 140 Å². The maximum atomic E-state index is 14.2. The van der Waals surface area contributed by atoms with Crippen molar-refractivity contribution < 1.29 is 8.78 Å². The van der Waals surface area contributed by atoms with Gasteiger partial charge in [0.2, 0.25) is 0 Å². The molecule has 0 fully saturated rings. The van der Waals surface area contributed by atoms with E-state index in [2.05, 4.69) is 19.9 Å². The zero-order chi connectivity index (χ0) is 17.0. The second-order valence-corrected chi connectivity index (χ2v) is 5.73. The van der Waals surface area contributed by atoms with E-state index in [0.717, 1.165) is 33.4 Å². The number of halogens is 2. The van der Waals surface area contributed by atoms with Crippen molar-refractivity contribution in [2.45, 2.75) is 0 Å². The Morgan fingerprint density at radius 2 is 1.52 bits per heavy atom. The summed E-state index contributed by atoms with van der Waals surface area (Å²) in [5, 5.41) is 1.68. The van der Waals surface area contributed by atoms with Crippen molar-refractivity contribution >= 4 is 32.8 Å². The molecule has 0 amide bonds. The predicted molar refractivity (Wildman–Crippen MR) is 92.0 cm³/mol. The van der Waals surface area contributed by atoms with Crippen LogP contribution >= 0.6 is 0 Å². The van der Waals surface area contributed by atoms with Gasteiger partial charge in [0, 0.05) is 29.2 Å². The molecular formula is C19H10F2N4. The highest BCUT2D eigenvalue weighted by atomic mass is 19.1. The third-order valence-corrected chi connectivity index (χ3v) is 4.25. The summed E-state index contributed by atoms with van der Waals surface area (Å²) in [5.41, 5.74) is 3.14. The van der Waals surface area contributed by atoms with Crippen LogP contribution in [-0.2, 0) is 0 Å². The number of imidazole rings is 1. The first kappa shape index (κ1) is 14.0. The first-order valence-corrected chi connectivity index (χ1v) is 7.69. The molecule has 6 heteroatoms. The molecule has 25 heavy (non-hydrogen) atoms. The molecule has 0 atom stereocenters. The van der Waals surface area contributed by atoms with Gasteiger partial charge in [-0.2, -0.15) is 0 Å². The summed E-state index contributed by atoms with van der Waals surface area (Å²) >= 11 is 0. The first-order valence-electron chi connectivity index (χ1n) is 7.69. The minimum Gasteiger partial charge on any atom is -0.337 e. The molecule has 5 aromatic rings. The molecule has 0 aliphatic carbocycles. The summed E-state index contributed by atoms with van der Waals surface area (Å²) in [6, 6.07) is 10.9. The first-order chi connectivity index (χ1) is 12.2. The Hall–Kier alpha value is -3.41. The molecular weight excluding hydrogens is 322 g/mol. The number of nitrogens with zero attached hydrogens (tertiary/aromatic N) is 3. The van der Waals surface area contributed by atoms with Crippen LogP contribution in [0.25, 0.3) is 44.2 Å². The van der Waals surface area contributed by atoms with Crippen LogP contribution in [0.2, 0.25) is 0 Å². The van der Waals surface area contributed by atoms with Crippen molar-refractivity contribution in [1.29, 1.82) is 0 Å². The van der Waals surface area contributed by atoms with Crippen LogP contribution in [0.5, 0.6) is 0 Å². The number of aromatic nitrogens is 4. The van der Waals surface area contributed by atoms with E-state index in [1.807, 2.05) is 24.3 Å². The van der Waals surface area contributed by atoms with Gasteiger partial charge in [-0.25, -0.2) is 13.8 Å². The minimum absolute atomic E-state index is 0.215. The van der Waals surface area contributed by atoms with Crippen LogP contribution in [0.1, 0.15) is 0 Å². The second kappa shape index (κ2) is 5.04. The maximum absolute atomic E-state index is 14.2. The van der Waals surface area contributed by atoms with Crippen molar-refractivity contribution in [2.75, 3.05) is 0 Å². The molecule has 4 nitrogen and oxygen atoms in total. The molecule has 0 spiro atoms. The number of fused-ring (bicyclic) bond motifs is 6. The Morgan fingerprint density at radius 1 is 0.800 bits per heavy atom. The number of hydrogen-bond donors (Lipinski definition) is 1. The monoisotopic (exact) mass is 332 g/mol. The highest BCUT2D eigenvalue weighted by Gasteiger charge is 2.16. The van der Waals surface area contributed by atoms with Crippen LogP contribution in [-0.4, -0.2) is 19.9 Å². The van der Waals surface area contributed by atoms with Crippen molar-refractivity contribution in [2.24, 2.45) is 0 Å². The van der Waals surface area contributed by atoms with Crippen molar-refractivity contribution in [3.05, 3.63) is 66.5 Å². The molecule has 0 bridgehead atoms. The lowest BCUT2D eigenvalue weighted by atomic mass is 10.1. The Morgan fingerprint density at radius 3 is 2.28 bits per heavy atom. The van der Waals surface area contributed by atoms with E-state index in [1.165, 1.54) is 12.1 Å². The Balaban J connectivity index is 1.94. The zero-order valence-corrected chi connectivity index (χ0v) is 12.8. The van der Waals surface area contributed by atoms with Crippen LogP contribution in [0, 0.1) is 11.6 Å². The van der Waals surface area contributed by atoms with E-state index in [9.17, 15) is 8.78 Å². The number of H-pyrrole nitrogens is 1. The van der Waals surface area contributed by atoms with Crippen molar-refractivity contribution in [1.82, 2.24) is 19.9 Å². The van der Waals surface area contributed by atoms with Gasteiger partial charge < -0.3 is 4.98 Å². The fourth-order valence-electron chi connectivity index (χ4n) is 3.15. The summed E-state index contributed by atoms with van der Waals surface area (Å²) in [6.45, 7) is 0. The van der Waals surface area contributed by atoms with Crippen LogP contribution in [0.3, 0.4) is 0 Å². The summed E-state index contributed by atoms with van der Waals surface area (Å²) < 4.78 is 27.4. The van der Waals surface area contributed by atoms with Gasteiger partial charge in [-0.1, -0.05) is 0 Å². The van der Waals surface area contributed by atoms with Gasteiger partial charge in [-0.3, -0.25) is 9.97 Å². The molecule has 0 saturated heterocycles. The molecule has 120 valence electrons. The molecule has 1 N–H and O–H groups in total. The van der Waals surface area contributed by atoms with Crippen LogP contribution in [0.4, 0.5) is 8.78 Å². The Bertz CT molecular complexity index is 1200. The predicted octanol–water partition coefficient (Wildman–Crippen LogP) is 4.60. The highest BCUT2D eigenvalue weighted by Crippen LogP contribution is 2.33. The fraction of sp³-hybridized carbons (Fsp3) is 0. The molecule has 0 saturated carbocycles. The lowest BCUT2D eigenvalue weighted by Gasteiger charge is -2.03. The number of pyridine rings is 2. The summed E-state index contributed by atoms with van der Waals surface area (Å²) in [4.78, 5) is 16.6. The molecule has 5 rings (SSSR count). The lowest BCUT2D eigenvalue weighted by Crippen LogP contribution is -1.87. The number of benzene rings is 2. The number of nitrogens with one attached hydrogen (secondary N) is 1. The number of rotatable bonds is 1. The largest absolute Gasteiger partial charge is 0.337 e. The quantitative estimate of drug-likeness (QED) is 0.456. The van der Waals surface area contributed by atoms with Gasteiger partial charge in [0.25, 0.3) is 0 Å². The topological polar surface area (TPSA) is 54.5 Å². The maximum Gasteiger partial charge on any atom is 0.141 e. The average Bonchev–Trinajstić information content (AvgIpc) is 3.07. The Kier molecular flexibility index (Phi) is 2.82. The van der Waals surface area contributed by atoms with E-state index >= 15 is 0 Å². The standard InChI is InChI=1S/C19H10F2N4/c20-10-5-6-11(14(21)9-10)19-24-17-12-3-1-7-22-15(12)16-13(18(17)25-19)4-2-8-23-16/h1-9H,(H,24,25). The fourth-order valence-corrected chi connectivity index (χ4v) is 3.15. The van der Waals surface area contributed by atoms with Gasteiger partial charge in [0.1, 0.15) is 17.5 Å². The van der Waals surface area contributed by atoms with Gasteiger partial charge >= 0.3 is 0 Å². The molecule has 2 aromatic carbocycles. The molecule has 3 heterocycles. The van der Waals surface area contributed by atoms with Crippen molar-refractivity contribution in [3.63, 3.8) is 0 Å². The minimum atomic E-state index is -0.663. The third-order valence-electron chi connectivity index (χ3n) is 4.25. The molecule has 0 aliphatic heterocycles. The summed E-state index contributed by atoms with van der Waals surface area (Å²) in [6.07, 6.45) is 3.41.